The number of hydrogen-bond donors (Lipinski definition) is 0. The van der Waals surface area contributed by atoms with Crippen molar-refractivity contribution < 1.29 is 19.1 Å². The average Bonchev–Trinajstić information content (AvgIpc) is 2.65. The molecule has 26 heavy (non-hydrogen) atoms. The zero-order valence-corrected chi connectivity index (χ0v) is 15.8. The molecule has 0 aliphatic heterocycles. The third-order valence-corrected chi connectivity index (χ3v) is 4.00. The number of carbonyl (C=O) groups is 2. The highest BCUT2D eigenvalue weighted by Gasteiger charge is 2.11. The molecule has 0 amide bonds. The summed E-state index contributed by atoms with van der Waals surface area (Å²) in [5.41, 5.74) is 1.16. The van der Waals surface area contributed by atoms with Crippen molar-refractivity contribution in [3.8, 4) is 0 Å². The molecule has 1 aromatic rings. The van der Waals surface area contributed by atoms with Gasteiger partial charge in [0.25, 0.3) is 6.47 Å². The van der Waals surface area contributed by atoms with E-state index < -0.39 is 0 Å². The molecule has 1 rings (SSSR count). The highest BCUT2D eigenvalue weighted by atomic mass is 16.5. The lowest BCUT2D eigenvalue weighted by Gasteiger charge is -2.13. The number of ketones is 1. The van der Waals surface area contributed by atoms with E-state index in [0.717, 1.165) is 44.1 Å². The van der Waals surface area contributed by atoms with Crippen molar-refractivity contribution in [2.75, 3.05) is 6.61 Å². The van der Waals surface area contributed by atoms with E-state index in [4.69, 9.17) is 9.47 Å². The van der Waals surface area contributed by atoms with Crippen LogP contribution in [0, 0.1) is 19.3 Å². The summed E-state index contributed by atoms with van der Waals surface area (Å²) >= 11 is 0. The van der Waals surface area contributed by atoms with Gasteiger partial charge in [0.05, 0.1) is 6.61 Å². The van der Waals surface area contributed by atoms with Gasteiger partial charge in [-0.1, -0.05) is 50.1 Å². The molecular formula is C22H31O4. The van der Waals surface area contributed by atoms with E-state index in [1.807, 2.05) is 30.3 Å². The predicted molar refractivity (Wildman–Crippen MR) is 103 cm³/mol. The van der Waals surface area contributed by atoms with Crippen molar-refractivity contribution in [3.05, 3.63) is 55.2 Å². The first-order valence-electron chi connectivity index (χ1n) is 9.51. The van der Waals surface area contributed by atoms with Gasteiger partial charge in [0.2, 0.25) is 0 Å². The van der Waals surface area contributed by atoms with Gasteiger partial charge >= 0.3 is 0 Å². The average molecular weight is 359 g/mol. The molecule has 0 aliphatic carbocycles. The van der Waals surface area contributed by atoms with Gasteiger partial charge in [0, 0.05) is 25.9 Å². The Hall–Kier alpha value is -1.68. The highest BCUT2D eigenvalue weighted by Crippen LogP contribution is 2.12. The van der Waals surface area contributed by atoms with Crippen molar-refractivity contribution >= 4 is 12.3 Å². The first kappa shape index (κ1) is 22.4. The van der Waals surface area contributed by atoms with Crippen LogP contribution in [-0.4, -0.2) is 25.0 Å². The lowest BCUT2D eigenvalue weighted by molar-refractivity contribution is -0.132. The van der Waals surface area contributed by atoms with Crippen molar-refractivity contribution in [1.29, 1.82) is 0 Å². The molecule has 0 heterocycles. The Kier molecular flexibility index (Phi) is 13.4. The minimum absolute atomic E-state index is 0.0859. The van der Waals surface area contributed by atoms with Gasteiger partial charge in [-0.2, -0.15) is 0 Å². The minimum Gasteiger partial charge on any atom is -0.464 e. The summed E-state index contributed by atoms with van der Waals surface area (Å²) in [6, 6.07) is 10.0. The Morgan fingerprint density at radius 2 is 1.92 bits per heavy atom. The van der Waals surface area contributed by atoms with Crippen molar-refractivity contribution in [3.63, 3.8) is 0 Å². The smallest absolute Gasteiger partial charge is 0.293 e. The lowest BCUT2D eigenvalue weighted by atomic mass is 10.0. The van der Waals surface area contributed by atoms with E-state index in [0.29, 0.717) is 26.1 Å². The molecule has 1 aromatic carbocycles. The first-order chi connectivity index (χ1) is 12.8. The third-order valence-electron chi connectivity index (χ3n) is 4.00. The molecule has 3 radical (unpaired) electrons. The fourth-order valence-corrected chi connectivity index (χ4v) is 2.51. The number of rotatable bonds is 17. The van der Waals surface area contributed by atoms with Crippen LogP contribution < -0.4 is 0 Å². The van der Waals surface area contributed by atoms with Crippen molar-refractivity contribution in [2.45, 2.75) is 64.6 Å². The second-order valence-corrected chi connectivity index (χ2v) is 6.28. The Bertz CT molecular complexity index is 472. The van der Waals surface area contributed by atoms with Crippen LogP contribution in [0.5, 0.6) is 0 Å². The van der Waals surface area contributed by atoms with Crippen LogP contribution in [0.1, 0.15) is 57.4 Å². The zero-order chi connectivity index (χ0) is 18.9. The summed E-state index contributed by atoms with van der Waals surface area (Å²) in [5.74, 6) is 0.0859. The molecular weight excluding hydrogens is 328 g/mol. The van der Waals surface area contributed by atoms with Gasteiger partial charge in [-0.3, -0.25) is 9.59 Å². The molecule has 0 aromatic heterocycles. The minimum atomic E-state index is -0.241. The fraction of sp³-hybridized carbons (Fsp3) is 0.500. The van der Waals surface area contributed by atoms with Crippen LogP contribution in [0.2, 0.25) is 0 Å². The maximum atomic E-state index is 11.8. The van der Waals surface area contributed by atoms with E-state index in [2.05, 4.69) is 6.92 Å². The molecule has 0 bridgehead atoms. The molecule has 4 nitrogen and oxygen atoms in total. The second-order valence-electron chi connectivity index (χ2n) is 6.28. The van der Waals surface area contributed by atoms with E-state index >= 15 is 0 Å². The number of Topliss-reactive ketones (excluding diaryl/α,β-unsaturated/α-hetero) is 1. The predicted octanol–water partition coefficient (Wildman–Crippen LogP) is 4.68. The SMILES string of the molecule is CCCCC[C@H]([CH][CH][CH]C(=O)CCCCOCc1ccccc1)OC=O. The lowest BCUT2D eigenvalue weighted by Crippen LogP contribution is -2.14. The Labute approximate surface area is 158 Å². The van der Waals surface area contributed by atoms with Crippen LogP contribution in [0.3, 0.4) is 0 Å². The summed E-state index contributed by atoms with van der Waals surface area (Å²) < 4.78 is 10.6. The number of carbonyl (C=O) groups excluding carboxylic acids is 2. The largest absolute Gasteiger partial charge is 0.464 e. The quantitative estimate of drug-likeness (QED) is 0.299. The van der Waals surface area contributed by atoms with Crippen molar-refractivity contribution in [1.82, 2.24) is 0 Å². The van der Waals surface area contributed by atoms with E-state index in [1.165, 1.54) is 0 Å². The standard InChI is InChI=1S/C22H31O4/c1-2-3-5-15-22(26-19-23)16-10-14-21(24)13-8-9-17-25-18-20-11-6-4-7-12-20/h4,6-7,10-12,14,16,19,22H,2-3,5,8-9,13,15,17-18H2,1H3/t22-/m1/s1. The highest BCUT2D eigenvalue weighted by molar-refractivity contribution is 5.88. The number of ether oxygens (including phenoxy) is 2. The summed E-state index contributed by atoms with van der Waals surface area (Å²) in [6.07, 6.45) is 11.0. The Morgan fingerprint density at radius 3 is 2.65 bits per heavy atom. The molecule has 0 N–H and O–H groups in total. The molecule has 0 aliphatic rings. The van der Waals surface area contributed by atoms with Crippen molar-refractivity contribution in [2.24, 2.45) is 0 Å². The number of hydrogen-bond acceptors (Lipinski definition) is 4. The molecule has 0 spiro atoms. The van der Waals surface area contributed by atoms with E-state index in [9.17, 15) is 9.59 Å². The van der Waals surface area contributed by atoms with Gasteiger partial charge in [-0.15, -0.1) is 0 Å². The van der Waals surface area contributed by atoms with Gasteiger partial charge in [-0.25, -0.2) is 0 Å². The number of unbranched alkanes of at least 4 members (excludes halogenated alkanes) is 3. The van der Waals surface area contributed by atoms with Crippen LogP contribution >= 0.6 is 0 Å². The summed E-state index contributed by atoms with van der Waals surface area (Å²) in [5, 5.41) is 0. The topological polar surface area (TPSA) is 52.6 Å². The molecule has 143 valence electrons. The van der Waals surface area contributed by atoms with Crippen LogP contribution in [-0.2, 0) is 25.7 Å². The third kappa shape index (κ3) is 11.8. The van der Waals surface area contributed by atoms with Crippen LogP contribution in [0.4, 0.5) is 0 Å². The molecule has 0 saturated carbocycles. The Balaban J connectivity index is 2.00. The molecule has 0 unspecified atom stereocenters. The maximum Gasteiger partial charge on any atom is 0.293 e. The summed E-state index contributed by atoms with van der Waals surface area (Å²) in [4.78, 5) is 22.4. The normalized spacial score (nSPS) is 11.9. The van der Waals surface area contributed by atoms with Gasteiger partial charge in [-0.05, 0) is 37.7 Å². The van der Waals surface area contributed by atoms with Crippen LogP contribution in [0.25, 0.3) is 0 Å². The number of benzene rings is 1. The fourth-order valence-electron chi connectivity index (χ4n) is 2.51. The Morgan fingerprint density at radius 1 is 1.12 bits per heavy atom. The monoisotopic (exact) mass is 359 g/mol. The summed E-state index contributed by atoms with van der Waals surface area (Å²) in [7, 11) is 0. The first-order valence-corrected chi connectivity index (χ1v) is 9.51. The van der Waals surface area contributed by atoms with E-state index in [-0.39, 0.29) is 11.9 Å². The molecule has 0 fully saturated rings. The maximum absolute atomic E-state index is 11.8. The molecule has 1 atom stereocenters. The molecule has 4 heteroatoms. The summed E-state index contributed by atoms with van der Waals surface area (Å²) in [6.45, 7) is 3.87. The van der Waals surface area contributed by atoms with Gasteiger partial charge < -0.3 is 9.47 Å². The second kappa shape index (κ2) is 15.6. The van der Waals surface area contributed by atoms with Gasteiger partial charge in [0.15, 0.2) is 0 Å². The van der Waals surface area contributed by atoms with E-state index in [1.54, 1.807) is 19.3 Å². The zero-order valence-electron chi connectivity index (χ0n) is 15.8. The molecule has 0 saturated heterocycles. The van der Waals surface area contributed by atoms with Gasteiger partial charge in [0.1, 0.15) is 11.9 Å². The van der Waals surface area contributed by atoms with Crippen LogP contribution in [0.15, 0.2) is 30.3 Å².